The summed E-state index contributed by atoms with van der Waals surface area (Å²) >= 11 is 0. The van der Waals surface area contributed by atoms with Crippen LogP contribution in [0.1, 0.15) is 11.1 Å². The standard InChI is InChI=1S/C26H16N2/c1(3-21-5-9-23(10-6-21)25-13-17-27-18-14-25)2-4-22-7-11-24(12-8-22)26-15-19-28-20-16-26/h5-20H. The van der Waals surface area contributed by atoms with Gasteiger partial charge in [0.05, 0.1) is 0 Å². The van der Waals surface area contributed by atoms with Crippen LogP contribution in [0.3, 0.4) is 0 Å². The lowest BCUT2D eigenvalue weighted by Gasteiger charge is -2.00. The molecular formula is C26H16N2. The van der Waals surface area contributed by atoms with E-state index in [0.29, 0.717) is 0 Å². The summed E-state index contributed by atoms with van der Waals surface area (Å²) in [7, 11) is 0. The van der Waals surface area contributed by atoms with Gasteiger partial charge < -0.3 is 0 Å². The molecule has 0 saturated heterocycles. The molecule has 2 nitrogen and oxygen atoms in total. The first-order chi connectivity index (χ1) is 13.9. The summed E-state index contributed by atoms with van der Waals surface area (Å²) in [6, 6.07) is 24.2. The first kappa shape index (κ1) is 17.3. The number of rotatable bonds is 2. The molecule has 0 fully saturated rings. The van der Waals surface area contributed by atoms with Gasteiger partial charge in [-0.2, -0.15) is 0 Å². The lowest BCUT2D eigenvalue weighted by atomic mass is 10.1. The van der Waals surface area contributed by atoms with E-state index in [9.17, 15) is 0 Å². The zero-order valence-corrected chi connectivity index (χ0v) is 15.1. The fourth-order valence-corrected chi connectivity index (χ4v) is 2.79. The lowest BCUT2D eigenvalue weighted by Crippen LogP contribution is -1.80. The first-order valence-corrected chi connectivity index (χ1v) is 8.91. The topological polar surface area (TPSA) is 25.8 Å². The van der Waals surface area contributed by atoms with Gasteiger partial charge in [0.2, 0.25) is 0 Å². The van der Waals surface area contributed by atoms with E-state index in [2.05, 4.69) is 57.9 Å². The molecule has 0 aliphatic carbocycles. The Hall–Kier alpha value is -4.14. The monoisotopic (exact) mass is 356 g/mol. The van der Waals surface area contributed by atoms with Crippen molar-refractivity contribution in [1.29, 1.82) is 0 Å². The van der Waals surface area contributed by atoms with Gasteiger partial charge in [0, 0.05) is 35.9 Å². The van der Waals surface area contributed by atoms with Crippen LogP contribution in [0.2, 0.25) is 0 Å². The summed E-state index contributed by atoms with van der Waals surface area (Å²) in [5.41, 5.74) is 6.47. The van der Waals surface area contributed by atoms with E-state index in [-0.39, 0.29) is 0 Å². The summed E-state index contributed by atoms with van der Waals surface area (Å²) in [5.74, 6) is 12.0. The highest BCUT2D eigenvalue weighted by Gasteiger charge is 1.97. The van der Waals surface area contributed by atoms with Crippen molar-refractivity contribution < 1.29 is 0 Å². The van der Waals surface area contributed by atoms with Crippen LogP contribution < -0.4 is 0 Å². The Bertz CT molecular complexity index is 1070. The molecular weight excluding hydrogens is 340 g/mol. The number of hydrogen-bond donors (Lipinski definition) is 0. The molecule has 130 valence electrons. The van der Waals surface area contributed by atoms with Gasteiger partial charge >= 0.3 is 0 Å². The Morgan fingerprint density at radius 1 is 0.393 bits per heavy atom. The second-order valence-corrected chi connectivity index (χ2v) is 6.13. The van der Waals surface area contributed by atoms with Crippen molar-refractivity contribution in [2.45, 2.75) is 0 Å². The van der Waals surface area contributed by atoms with E-state index in [1.165, 1.54) is 0 Å². The SMILES string of the molecule is C(C#Cc1ccc(-c2ccncc2)cc1)#Cc1ccc(-c2ccncc2)cc1. The minimum Gasteiger partial charge on any atom is -0.265 e. The van der Waals surface area contributed by atoms with Gasteiger partial charge in [-0.05, 0) is 82.6 Å². The summed E-state index contributed by atoms with van der Waals surface area (Å²) in [4.78, 5) is 8.09. The quantitative estimate of drug-likeness (QED) is 0.461. The van der Waals surface area contributed by atoms with Crippen molar-refractivity contribution in [1.82, 2.24) is 9.97 Å². The van der Waals surface area contributed by atoms with Crippen LogP contribution in [0.4, 0.5) is 0 Å². The van der Waals surface area contributed by atoms with Crippen LogP contribution in [-0.4, -0.2) is 9.97 Å². The van der Waals surface area contributed by atoms with Crippen molar-refractivity contribution in [3.63, 3.8) is 0 Å². The predicted molar refractivity (Wildman–Crippen MR) is 113 cm³/mol. The van der Waals surface area contributed by atoms with Gasteiger partial charge in [0.15, 0.2) is 0 Å². The van der Waals surface area contributed by atoms with Gasteiger partial charge in [0.1, 0.15) is 0 Å². The van der Waals surface area contributed by atoms with Crippen LogP contribution in [0.15, 0.2) is 97.6 Å². The maximum atomic E-state index is 4.04. The highest BCUT2D eigenvalue weighted by molar-refractivity contribution is 5.65. The average molecular weight is 356 g/mol. The van der Waals surface area contributed by atoms with E-state index in [1.807, 2.05) is 48.5 Å². The fraction of sp³-hybridized carbons (Fsp3) is 0. The number of nitrogens with zero attached hydrogens (tertiary/aromatic N) is 2. The number of aromatic nitrogens is 2. The molecule has 0 N–H and O–H groups in total. The third kappa shape index (κ3) is 4.33. The molecule has 0 unspecified atom stereocenters. The highest BCUT2D eigenvalue weighted by Crippen LogP contribution is 2.19. The van der Waals surface area contributed by atoms with E-state index < -0.39 is 0 Å². The van der Waals surface area contributed by atoms with Gasteiger partial charge in [-0.3, -0.25) is 9.97 Å². The molecule has 0 atom stereocenters. The molecule has 0 saturated carbocycles. The minimum absolute atomic E-state index is 0.945. The molecule has 0 aliphatic rings. The summed E-state index contributed by atoms with van der Waals surface area (Å²) < 4.78 is 0. The maximum Gasteiger partial charge on any atom is 0.0273 e. The van der Waals surface area contributed by atoms with E-state index in [4.69, 9.17) is 0 Å². The third-order valence-corrected chi connectivity index (χ3v) is 4.27. The number of benzene rings is 2. The molecule has 0 amide bonds. The summed E-state index contributed by atoms with van der Waals surface area (Å²) in [6.45, 7) is 0. The third-order valence-electron chi connectivity index (χ3n) is 4.27. The lowest BCUT2D eigenvalue weighted by molar-refractivity contribution is 1.33. The smallest absolute Gasteiger partial charge is 0.0273 e. The molecule has 2 aromatic heterocycles. The molecule has 4 aromatic rings. The molecule has 0 aliphatic heterocycles. The normalized spacial score (nSPS) is 9.57. The minimum atomic E-state index is 0.945. The molecule has 28 heavy (non-hydrogen) atoms. The maximum absolute atomic E-state index is 4.04. The highest BCUT2D eigenvalue weighted by atomic mass is 14.6. The molecule has 0 bridgehead atoms. The Morgan fingerprint density at radius 2 is 0.714 bits per heavy atom. The zero-order valence-electron chi connectivity index (χ0n) is 15.1. The second kappa shape index (κ2) is 8.49. The molecule has 4 rings (SSSR count). The van der Waals surface area contributed by atoms with Crippen molar-refractivity contribution >= 4 is 0 Å². The van der Waals surface area contributed by atoms with E-state index in [0.717, 1.165) is 33.4 Å². The molecule has 2 heteroatoms. The predicted octanol–water partition coefficient (Wildman–Crippen LogP) is 5.21. The van der Waals surface area contributed by atoms with Gasteiger partial charge in [0.25, 0.3) is 0 Å². The van der Waals surface area contributed by atoms with Crippen LogP contribution in [0.25, 0.3) is 22.3 Å². The van der Waals surface area contributed by atoms with Crippen LogP contribution in [0.5, 0.6) is 0 Å². The van der Waals surface area contributed by atoms with Crippen molar-refractivity contribution in [2.75, 3.05) is 0 Å². The van der Waals surface area contributed by atoms with Crippen LogP contribution in [0, 0.1) is 23.7 Å². The van der Waals surface area contributed by atoms with Gasteiger partial charge in [-0.25, -0.2) is 0 Å². The Balaban J connectivity index is 1.43. The van der Waals surface area contributed by atoms with Crippen LogP contribution >= 0.6 is 0 Å². The molecule has 0 radical (unpaired) electrons. The van der Waals surface area contributed by atoms with E-state index in [1.54, 1.807) is 24.8 Å². The molecule has 2 aromatic carbocycles. The Kier molecular flexibility index (Phi) is 5.24. The molecule has 0 spiro atoms. The Morgan fingerprint density at radius 3 is 1.07 bits per heavy atom. The van der Waals surface area contributed by atoms with Gasteiger partial charge in [-0.15, -0.1) is 0 Å². The van der Waals surface area contributed by atoms with Crippen molar-refractivity contribution in [2.24, 2.45) is 0 Å². The number of hydrogen-bond acceptors (Lipinski definition) is 2. The number of pyridine rings is 2. The molecule has 2 heterocycles. The average Bonchev–Trinajstić information content (AvgIpc) is 2.79. The summed E-state index contributed by atoms with van der Waals surface area (Å²) in [5, 5.41) is 0. The van der Waals surface area contributed by atoms with Crippen molar-refractivity contribution in [3.8, 4) is 45.9 Å². The zero-order chi connectivity index (χ0) is 19.0. The summed E-state index contributed by atoms with van der Waals surface area (Å²) in [6.07, 6.45) is 7.18. The van der Waals surface area contributed by atoms with Gasteiger partial charge in [-0.1, -0.05) is 36.1 Å². The van der Waals surface area contributed by atoms with Crippen LogP contribution in [-0.2, 0) is 0 Å². The fourth-order valence-electron chi connectivity index (χ4n) is 2.79. The van der Waals surface area contributed by atoms with Crippen molar-refractivity contribution in [3.05, 3.63) is 109 Å². The second-order valence-electron chi connectivity index (χ2n) is 6.13. The van der Waals surface area contributed by atoms with E-state index >= 15 is 0 Å². The Labute approximate surface area is 165 Å². The first-order valence-electron chi connectivity index (χ1n) is 8.91. The largest absolute Gasteiger partial charge is 0.265 e.